The number of rotatable bonds is 9. The summed E-state index contributed by atoms with van der Waals surface area (Å²) in [6.07, 6.45) is 5.43. The van der Waals surface area contributed by atoms with Crippen LogP contribution in [0, 0.1) is 6.92 Å². The summed E-state index contributed by atoms with van der Waals surface area (Å²) >= 11 is 0. The van der Waals surface area contributed by atoms with Crippen molar-refractivity contribution >= 4 is 17.5 Å². The van der Waals surface area contributed by atoms with E-state index in [0.29, 0.717) is 28.7 Å². The number of anilines is 1. The van der Waals surface area contributed by atoms with Crippen molar-refractivity contribution in [3.05, 3.63) is 66.3 Å². The lowest BCUT2D eigenvalue weighted by Gasteiger charge is -2.30. The lowest BCUT2D eigenvalue weighted by Crippen LogP contribution is -2.47. The molecule has 0 radical (unpaired) electrons. The maximum atomic E-state index is 13.8. The van der Waals surface area contributed by atoms with Gasteiger partial charge in [0.15, 0.2) is 11.8 Å². The number of nitrogens with one attached hydrogen (secondary N) is 1. The molecule has 1 unspecified atom stereocenters. The fraction of sp³-hybridized carbons (Fsp3) is 0.346. The van der Waals surface area contributed by atoms with Gasteiger partial charge < -0.3 is 18.9 Å². The van der Waals surface area contributed by atoms with E-state index in [1.807, 2.05) is 6.92 Å². The molecule has 4 aromatic rings. The molecule has 1 saturated carbocycles. The highest BCUT2D eigenvalue weighted by atomic mass is 16.5. The van der Waals surface area contributed by atoms with Crippen molar-refractivity contribution < 1.29 is 23.2 Å². The third kappa shape index (κ3) is 5.40. The monoisotopic (exact) mass is 504 g/mol. The molecule has 37 heavy (non-hydrogen) atoms. The SMILES string of the molecule is COc1ccc(N(C(=O)Cn2nnc(-c3ccc(C)o3)n2)C(C(=O)NC2CCCC2)c2ccco2)cc1. The van der Waals surface area contributed by atoms with Gasteiger partial charge in [-0.3, -0.25) is 14.5 Å². The zero-order valence-corrected chi connectivity index (χ0v) is 20.7. The van der Waals surface area contributed by atoms with Crippen molar-refractivity contribution in [3.8, 4) is 17.3 Å². The molecule has 0 aliphatic heterocycles. The van der Waals surface area contributed by atoms with E-state index in [4.69, 9.17) is 13.6 Å². The van der Waals surface area contributed by atoms with Crippen LogP contribution < -0.4 is 15.0 Å². The third-order valence-electron chi connectivity index (χ3n) is 6.33. The quantitative estimate of drug-likeness (QED) is 0.366. The number of methoxy groups -OCH3 is 1. The Morgan fingerprint density at radius 2 is 1.95 bits per heavy atom. The molecule has 3 aromatic heterocycles. The zero-order chi connectivity index (χ0) is 25.8. The van der Waals surface area contributed by atoms with Crippen LogP contribution in [0.4, 0.5) is 5.69 Å². The second kappa shape index (κ2) is 10.7. The van der Waals surface area contributed by atoms with Crippen LogP contribution in [-0.2, 0) is 16.1 Å². The summed E-state index contributed by atoms with van der Waals surface area (Å²) in [5.41, 5.74) is 0.496. The molecule has 0 saturated heterocycles. The fourth-order valence-corrected chi connectivity index (χ4v) is 4.51. The first kappa shape index (κ1) is 24.3. The van der Waals surface area contributed by atoms with Gasteiger partial charge in [0.25, 0.3) is 11.8 Å². The molecule has 2 amide bonds. The Kier molecular flexibility index (Phi) is 7.02. The maximum absolute atomic E-state index is 13.8. The summed E-state index contributed by atoms with van der Waals surface area (Å²) in [7, 11) is 1.56. The van der Waals surface area contributed by atoms with Gasteiger partial charge in [0.05, 0.1) is 13.4 Å². The number of aromatic nitrogens is 4. The topological polar surface area (TPSA) is 129 Å². The second-order valence-corrected chi connectivity index (χ2v) is 8.92. The number of tetrazole rings is 1. The van der Waals surface area contributed by atoms with E-state index >= 15 is 0 Å². The minimum absolute atomic E-state index is 0.0640. The molecule has 1 fully saturated rings. The minimum atomic E-state index is -1.03. The molecule has 1 aromatic carbocycles. The Morgan fingerprint density at radius 1 is 1.16 bits per heavy atom. The Morgan fingerprint density at radius 3 is 2.59 bits per heavy atom. The molecule has 0 bridgehead atoms. The lowest BCUT2D eigenvalue weighted by atomic mass is 10.1. The number of benzene rings is 1. The van der Waals surface area contributed by atoms with Crippen molar-refractivity contribution in [2.75, 3.05) is 12.0 Å². The number of aryl methyl sites for hydroxylation is 1. The van der Waals surface area contributed by atoms with Crippen LogP contribution in [-0.4, -0.2) is 45.2 Å². The third-order valence-corrected chi connectivity index (χ3v) is 6.33. The zero-order valence-electron chi connectivity index (χ0n) is 20.7. The van der Waals surface area contributed by atoms with Crippen molar-refractivity contribution in [1.29, 1.82) is 0 Å². The van der Waals surface area contributed by atoms with Gasteiger partial charge in [-0.25, -0.2) is 0 Å². The number of ether oxygens (including phenoxy) is 1. The van der Waals surface area contributed by atoms with Crippen LogP contribution in [0.25, 0.3) is 11.6 Å². The number of amides is 2. The Balaban J connectivity index is 1.47. The van der Waals surface area contributed by atoms with Gasteiger partial charge in [0, 0.05) is 11.7 Å². The summed E-state index contributed by atoms with van der Waals surface area (Å²) in [5.74, 6) is 1.65. The van der Waals surface area contributed by atoms with Crippen LogP contribution in [0.1, 0.15) is 43.2 Å². The highest BCUT2D eigenvalue weighted by Gasteiger charge is 2.36. The number of furan rings is 2. The molecular formula is C26H28N6O5. The smallest absolute Gasteiger partial charge is 0.251 e. The van der Waals surface area contributed by atoms with Crippen LogP contribution in [0.15, 0.2) is 63.6 Å². The van der Waals surface area contributed by atoms with E-state index in [1.165, 1.54) is 16.0 Å². The first-order valence-electron chi connectivity index (χ1n) is 12.2. The normalized spacial score (nSPS) is 14.4. The number of hydrogen-bond donors (Lipinski definition) is 1. The molecule has 1 aliphatic carbocycles. The fourth-order valence-electron chi connectivity index (χ4n) is 4.51. The molecule has 1 atom stereocenters. The van der Waals surface area contributed by atoms with Crippen LogP contribution in [0.5, 0.6) is 5.75 Å². The molecule has 0 spiro atoms. The van der Waals surface area contributed by atoms with E-state index in [0.717, 1.165) is 25.7 Å². The van der Waals surface area contributed by atoms with Gasteiger partial charge in [0.1, 0.15) is 23.8 Å². The maximum Gasteiger partial charge on any atom is 0.251 e. The largest absolute Gasteiger partial charge is 0.497 e. The highest BCUT2D eigenvalue weighted by molar-refractivity contribution is 6.01. The predicted molar refractivity (Wildman–Crippen MR) is 133 cm³/mol. The van der Waals surface area contributed by atoms with Gasteiger partial charge in [-0.1, -0.05) is 12.8 Å². The summed E-state index contributed by atoms with van der Waals surface area (Å²) in [6.45, 7) is 1.56. The van der Waals surface area contributed by atoms with Crippen LogP contribution >= 0.6 is 0 Å². The summed E-state index contributed by atoms with van der Waals surface area (Å²) in [5, 5.41) is 15.4. The van der Waals surface area contributed by atoms with E-state index < -0.39 is 11.9 Å². The van der Waals surface area contributed by atoms with E-state index in [-0.39, 0.29) is 24.3 Å². The Bertz CT molecular complexity index is 1340. The van der Waals surface area contributed by atoms with Gasteiger partial charge in [-0.2, -0.15) is 4.80 Å². The molecular weight excluding hydrogens is 476 g/mol. The first-order chi connectivity index (χ1) is 18.0. The van der Waals surface area contributed by atoms with Crippen LogP contribution in [0.3, 0.4) is 0 Å². The number of carbonyl (C=O) groups excluding carboxylic acids is 2. The highest BCUT2D eigenvalue weighted by Crippen LogP contribution is 2.31. The molecule has 192 valence electrons. The van der Waals surface area contributed by atoms with E-state index in [1.54, 1.807) is 55.6 Å². The van der Waals surface area contributed by atoms with Gasteiger partial charge in [0.2, 0.25) is 5.82 Å². The van der Waals surface area contributed by atoms with Crippen LogP contribution in [0.2, 0.25) is 0 Å². The lowest BCUT2D eigenvalue weighted by molar-refractivity contribution is -0.128. The van der Waals surface area contributed by atoms with Gasteiger partial charge in [-0.05, 0) is 73.5 Å². The summed E-state index contributed by atoms with van der Waals surface area (Å²) in [6, 6.07) is 12.9. The van der Waals surface area contributed by atoms with Gasteiger partial charge in [-0.15, -0.1) is 10.2 Å². The van der Waals surface area contributed by atoms with E-state index in [2.05, 4.69) is 20.7 Å². The molecule has 1 aliphatic rings. The Hall–Kier alpha value is -4.41. The van der Waals surface area contributed by atoms with Crippen molar-refractivity contribution in [3.63, 3.8) is 0 Å². The summed E-state index contributed by atoms with van der Waals surface area (Å²) in [4.78, 5) is 30.0. The molecule has 1 N–H and O–H groups in total. The summed E-state index contributed by atoms with van der Waals surface area (Å²) < 4.78 is 16.5. The predicted octanol–water partition coefficient (Wildman–Crippen LogP) is 3.68. The van der Waals surface area contributed by atoms with Crippen molar-refractivity contribution in [2.45, 2.75) is 51.2 Å². The number of hydrogen-bond acceptors (Lipinski definition) is 8. The number of carbonyl (C=O) groups is 2. The average molecular weight is 505 g/mol. The Labute approximate surface area is 213 Å². The van der Waals surface area contributed by atoms with Crippen molar-refractivity contribution in [2.24, 2.45) is 0 Å². The number of nitrogens with zero attached hydrogens (tertiary/aromatic N) is 5. The standard InChI is InChI=1S/C26H28N6O5/c1-17-9-14-22(37-17)25-28-30-31(29-25)16-23(33)32(19-10-12-20(35-2)13-11-19)24(21-8-5-15-36-21)26(34)27-18-6-3-4-7-18/h5,8-15,18,24H,3-4,6-7,16H2,1-2H3,(H,27,34). The van der Waals surface area contributed by atoms with E-state index in [9.17, 15) is 9.59 Å². The van der Waals surface area contributed by atoms with Crippen molar-refractivity contribution in [1.82, 2.24) is 25.5 Å². The minimum Gasteiger partial charge on any atom is -0.497 e. The molecule has 3 heterocycles. The average Bonchev–Trinajstić information content (AvgIpc) is 3.71. The first-order valence-corrected chi connectivity index (χ1v) is 12.2. The molecule has 5 rings (SSSR count). The second-order valence-electron chi connectivity index (χ2n) is 8.92. The molecule has 11 nitrogen and oxygen atoms in total. The molecule has 11 heteroatoms. The van der Waals surface area contributed by atoms with Gasteiger partial charge >= 0.3 is 0 Å².